The van der Waals surface area contributed by atoms with E-state index in [4.69, 9.17) is 9.15 Å². The summed E-state index contributed by atoms with van der Waals surface area (Å²) < 4.78 is 10.7. The molecule has 2 heterocycles. The highest BCUT2D eigenvalue weighted by molar-refractivity contribution is 5.89. The molecule has 0 fully saturated rings. The van der Waals surface area contributed by atoms with Gasteiger partial charge in [0.15, 0.2) is 0 Å². The predicted octanol–water partition coefficient (Wildman–Crippen LogP) is 5.23. The number of carbonyl (C=O) groups is 1. The largest absolute Gasteiger partial charge is 0.472 e. The van der Waals surface area contributed by atoms with Crippen molar-refractivity contribution in [2.75, 3.05) is 0 Å². The van der Waals surface area contributed by atoms with Crippen molar-refractivity contribution < 1.29 is 13.9 Å². The normalized spacial score (nSPS) is 19.0. The third-order valence-corrected chi connectivity index (χ3v) is 4.42. The number of furan rings is 1. The number of ether oxygens (including phenoxy) is 1. The van der Waals surface area contributed by atoms with Crippen molar-refractivity contribution in [1.29, 1.82) is 0 Å². The fraction of sp³-hybridized carbons (Fsp3) is 0.550. The van der Waals surface area contributed by atoms with E-state index >= 15 is 0 Å². The molecule has 126 valence electrons. The number of hydrogen-bond acceptors (Lipinski definition) is 3. The van der Waals surface area contributed by atoms with Crippen LogP contribution in [-0.2, 0) is 16.0 Å². The molecular weight excluding hydrogens is 288 g/mol. The molecule has 1 aliphatic heterocycles. The lowest BCUT2D eigenvalue weighted by molar-refractivity contribution is -0.148. The van der Waals surface area contributed by atoms with Crippen LogP contribution in [-0.4, -0.2) is 12.1 Å². The SMILES string of the molecule is CC(C)=CCCC1=CC[C@H]([C@H](C)CCCc2ccoc2)OC1=O. The van der Waals surface area contributed by atoms with Crippen LogP contribution in [0, 0.1) is 5.92 Å². The van der Waals surface area contributed by atoms with Gasteiger partial charge in [-0.2, -0.15) is 0 Å². The number of carbonyl (C=O) groups excluding carboxylic acids is 1. The van der Waals surface area contributed by atoms with Crippen LogP contribution in [0.2, 0.25) is 0 Å². The Morgan fingerprint density at radius 1 is 1.39 bits per heavy atom. The van der Waals surface area contributed by atoms with Gasteiger partial charge in [-0.25, -0.2) is 4.79 Å². The van der Waals surface area contributed by atoms with Crippen LogP contribution in [0.1, 0.15) is 58.4 Å². The first-order chi connectivity index (χ1) is 11.1. The topological polar surface area (TPSA) is 39.4 Å². The molecule has 1 aromatic heterocycles. The van der Waals surface area contributed by atoms with Gasteiger partial charge in [0, 0.05) is 12.0 Å². The fourth-order valence-corrected chi connectivity index (χ4v) is 2.92. The Labute approximate surface area is 139 Å². The Morgan fingerprint density at radius 3 is 2.87 bits per heavy atom. The summed E-state index contributed by atoms with van der Waals surface area (Å²) in [6, 6.07) is 2.01. The van der Waals surface area contributed by atoms with Crippen molar-refractivity contribution >= 4 is 5.97 Å². The average Bonchev–Trinajstić information content (AvgIpc) is 3.01. The Bertz CT molecular complexity index is 547. The molecule has 2 rings (SSSR count). The van der Waals surface area contributed by atoms with E-state index in [1.165, 1.54) is 11.1 Å². The molecule has 0 bridgehead atoms. The first-order valence-electron chi connectivity index (χ1n) is 8.60. The van der Waals surface area contributed by atoms with Gasteiger partial charge in [0.25, 0.3) is 0 Å². The highest BCUT2D eigenvalue weighted by Gasteiger charge is 2.26. The van der Waals surface area contributed by atoms with Gasteiger partial charge in [-0.05, 0) is 63.5 Å². The van der Waals surface area contributed by atoms with E-state index in [0.717, 1.165) is 44.1 Å². The molecule has 1 aliphatic rings. The summed E-state index contributed by atoms with van der Waals surface area (Å²) in [7, 11) is 0. The van der Waals surface area contributed by atoms with Crippen LogP contribution >= 0.6 is 0 Å². The molecular formula is C20H28O3. The molecule has 2 atom stereocenters. The van der Waals surface area contributed by atoms with Crippen LogP contribution in [0.3, 0.4) is 0 Å². The lowest BCUT2D eigenvalue weighted by Crippen LogP contribution is -2.29. The molecule has 0 aliphatic carbocycles. The summed E-state index contributed by atoms with van der Waals surface area (Å²) in [6.45, 7) is 6.33. The molecule has 0 aromatic carbocycles. The van der Waals surface area contributed by atoms with E-state index in [2.05, 4.69) is 32.9 Å². The summed E-state index contributed by atoms with van der Waals surface area (Å²) >= 11 is 0. The van der Waals surface area contributed by atoms with Crippen molar-refractivity contribution in [3.05, 3.63) is 47.5 Å². The van der Waals surface area contributed by atoms with Crippen LogP contribution in [0.5, 0.6) is 0 Å². The minimum Gasteiger partial charge on any atom is -0.472 e. The zero-order chi connectivity index (χ0) is 16.7. The lowest BCUT2D eigenvalue weighted by atomic mass is 9.92. The van der Waals surface area contributed by atoms with Crippen LogP contribution in [0.25, 0.3) is 0 Å². The zero-order valence-electron chi connectivity index (χ0n) is 14.5. The molecule has 0 saturated heterocycles. The van der Waals surface area contributed by atoms with Crippen molar-refractivity contribution in [3.8, 4) is 0 Å². The quantitative estimate of drug-likeness (QED) is 0.487. The number of allylic oxidation sites excluding steroid dienone is 2. The monoisotopic (exact) mass is 316 g/mol. The fourth-order valence-electron chi connectivity index (χ4n) is 2.92. The van der Waals surface area contributed by atoms with Crippen molar-refractivity contribution in [1.82, 2.24) is 0 Å². The molecule has 1 aromatic rings. The maximum absolute atomic E-state index is 12.1. The highest BCUT2D eigenvalue weighted by Crippen LogP contribution is 2.26. The molecule has 0 amide bonds. The third kappa shape index (κ3) is 5.74. The van der Waals surface area contributed by atoms with Gasteiger partial charge in [-0.15, -0.1) is 0 Å². The van der Waals surface area contributed by atoms with Crippen LogP contribution in [0.15, 0.2) is 46.3 Å². The molecule has 3 heteroatoms. The summed E-state index contributed by atoms with van der Waals surface area (Å²) in [5.41, 5.74) is 3.36. The average molecular weight is 316 g/mol. The first-order valence-corrected chi connectivity index (χ1v) is 8.60. The minimum atomic E-state index is -0.120. The number of rotatable bonds is 8. The third-order valence-electron chi connectivity index (χ3n) is 4.42. The second-order valence-electron chi connectivity index (χ2n) is 6.73. The van der Waals surface area contributed by atoms with E-state index < -0.39 is 0 Å². The predicted molar refractivity (Wildman–Crippen MR) is 92.1 cm³/mol. The highest BCUT2D eigenvalue weighted by atomic mass is 16.5. The maximum atomic E-state index is 12.1. The standard InChI is InChI=1S/C20H28O3/c1-15(2)6-4-9-18-10-11-19(23-20(18)21)16(3)7-5-8-17-12-13-22-14-17/h6,10,12-14,16,19H,4-5,7-9,11H2,1-3H3/t16-,19-/m1/s1. The van der Waals surface area contributed by atoms with E-state index in [-0.39, 0.29) is 12.1 Å². The Balaban J connectivity index is 1.75. The van der Waals surface area contributed by atoms with Gasteiger partial charge < -0.3 is 9.15 Å². The summed E-state index contributed by atoms with van der Waals surface area (Å²) in [5.74, 6) is 0.270. The van der Waals surface area contributed by atoms with E-state index in [0.29, 0.717) is 5.92 Å². The molecule has 3 nitrogen and oxygen atoms in total. The lowest BCUT2D eigenvalue weighted by Gasteiger charge is -2.27. The number of esters is 1. The van der Waals surface area contributed by atoms with Gasteiger partial charge in [-0.1, -0.05) is 24.6 Å². The number of cyclic esters (lactones) is 1. The smallest absolute Gasteiger partial charge is 0.333 e. The number of hydrogen-bond donors (Lipinski definition) is 0. The van der Waals surface area contributed by atoms with E-state index in [1.54, 1.807) is 12.5 Å². The molecule has 23 heavy (non-hydrogen) atoms. The minimum absolute atomic E-state index is 0.0269. The van der Waals surface area contributed by atoms with Crippen LogP contribution in [0.4, 0.5) is 0 Å². The van der Waals surface area contributed by atoms with Gasteiger partial charge in [0.05, 0.1) is 12.5 Å². The first kappa shape index (κ1) is 17.6. The Kier molecular flexibility index (Phi) is 6.69. The summed E-state index contributed by atoms with van der Waals surface area (Å²) in [5, 5.41) is 0. The molecule has 0 N–H and O–H groups in total. The maximum Gasteiger partial charge on any atom is 0.333 e. The number of aryl methyl sites for hydroxylation is 1. The van der Waals surface area contributed by atoms with Gasteiger partial charge in [0.1, 0.15) is 6.10 Å². The van der Waals surface area contributed by atoms with Gasteiger partial charge >= 0.3 is 5.97 Å². The second kappa shape index (κ2) is 8.76. The van der Waals surface area contributed by atoms with Gasteiger partial charge in [-0.3, -0.25) is 0 Å². The summed E-state index contributed by atoms with van der Waals surface area (Å²) in [6.07, 6.45) is 13.5. The summed E-state index contributed by atoms with van der Waals surface area (Å²) in [4.78, 5) is 12.1. The zero-order valence-corrected chi connectivity index (χ0v) is 14.5. The van der Waals surface area contributed by atoms with Crippen LogP contribution < -0.4 is 0 Å². The second-order valence-corrected chi connectivity index (χ2v) is 6.73. The van der Waals surface area contributed by atoms with Gasteiger partial charge in [0.2, 0.25) is 0 Å². The molecule has 0 radical (unpaired) electrons. The van der Waals surface area contributed by atoms with Crippen molar-refractivity contribution in [2.45, 2.75) is 65.4 Å². The van der Waals surface area contributed by atoms with Crippen molar-refractivity contribution in [2.24, 2.45) is 5.92 Å². The Morgan fingerprint density at radius 2 is 2.22 bits per heavy atom. The Hall–Kier alpha value is -1.77. The van der Waals surface area contributed by atoms with Crippen molar-refractivity contribution in [3.63, 3.8) is 0 Å². The van der Waals surface area contributed by atoms with E-state index in [1.807, 2.05) is 6.07 Å². The van der Waals surface area contributed by atoms with E-state index in [9.17, 15) is 4.79 Å². The molecule has 0 saturated carbocycles. The molecule has 0 unspecified atom stereocenters. The molecule has 0 spiro atoms.